The lowest BCUT2D eigenvalue weighted by Crippen LogP contribution is -2.40. The first-order valence-electron chi connectivity index (χ1n) is 5.88. The number of hydrogen-bond acceptors (Lipinski definition) is 6. The van der Waals surface area contributed by atoms with Crippen LogP contribution in [0, 0.1) is 0 Å². The minimum atomic E-state index is -4.03. The van der Waals surface area contributed by atoms with Gasteiger partial charge in [0.05, 0.1) is 5.56 Å². The lowest BCUT2D eigenvalue weighted by Gasteiger charge is -1.95. The molecule has 0 fully saturated rings. The Balaban J connectivity index is 2.12. The van der Waals surface area contributed by atoms with E-state index in [-0.39, 0.29) is 24.0 Å². The zero-order chi connectivity index (χ0) is 15.5. The maximum absolute atomic E-state index is 11.4. The van der Waals surface area contributed by atoms with E-state index in [0.29, 0.717) is 5.56 Å². The Morgan fingerprint density at radius 1 is 1.52 bits per heavy atom. The van der Waals surface area contributed by atoms with Gasteiger partial charge in [0.2, 0.25) is 5.89 Å². The van der Waals surface area contributed by atoms with Crippen molar-refractivity contribution in [3.8, 4) is 11.5 Å². The predicted molar refractivity (Wildman–Crippen MR) is 69.7 cm³/mol. The molecule has 2 aromatic rings. The fraction of sp³-hybridized carbons (Fsp3) is 0.273. The molecule has 0 unspecified atom stereocenters. The fourth-order valence-electron chi connectivity index (χ4n) is 1.49. The summed E-state index contributed by atoms with van der Waals surface area (Å²) in [5, 5.41) is 6.40. The van der Waals surface area contributed by atoms with Gasteiger partial charge in [0, 0.05) is 13.1 Å². The summed E-state index contributed by atoms with van der Waals surface area (Å²) in [6, 6.07) is 1.61. The molecule has 0 aliphatic rings. The van der Waals surface area contributed by atoms with Crippen molar-refractivity contribution in [3.63, 3.8) is 0 Å². The topological polar surface area (TPSA) is 126 Å². The molecule has 9 nitrogen and oxygen atoms in total. The predicted octanol–water partition coefficient (Wildman–Crippen LogP) is -0.728. The summed E-state index contributed by atoms with van der Waals surface area (Å²) in [6.45, 7) is 0.0220. The van der Waals surface area contributed by atoms with Crippen molar-refractivity contribution in [3.05, 3.63) is 30.4 Å². The van der Waals surface area contributed by atoms with Gasteiger partial charge in [-0.3, -0.25) is 9.35 Å². The van der Waals surface area contributed by atoms with E-state index < -0.39 is 15.9 Å². The highest BCUT2D eigenvalue weighted by Crippen LogP contribution is 2.16. The largest absolute Gasteiger partial charge is 0.444 e. The minimum Gasteiger partial charge on any atom is -0.444 e. The number of nitrogens with one attached hydrogen (secondary N) is 1. The van der Waals surface area contributed by atoms with Gasteiger partial charge < -0.3 is 9.73 Å². The standard InChI is InChI=1S/C11H12N4O5S/c1-12-10(16)9-7-20-11(14-9)8-2-3-15(13-6-8)4-5-21(17,18)19/h2-3,6-7H,4-5H2,1H3,(H-,12,16,17,18,19)/p+1. The van der Waals surface area contributed by atoms with Crippen molar-refractivity contribution in [1.82, 2.24) is 15.4 Å². The molecule has 0 atom stereocenters. The summed E-state index contributed by atoms with van der Waals surface area (Å²) in [7, 11) is -2.54. The molecule has 2 aromatic heterocycles. The summed E-state index contributed by atoms with van der Waals surface area (Å²) >= 11 is 0. The molecule has 2 N–H and O–H groups in total. The van der Waals surface area contributed by atoms with Crippen LogP contribution in [0.15, 0.2) is 29.1 Å². The number of nitrogens with zero attached hydrogens (tertiary/aromatic N) is 3. The first kappa shape index (κ1) is 15.1. The van der Waals surface area contributed by atoms with Crippen molar-refractivity contribution >= 4 is 16.0 Å². The summed E-state index contributed by atoms with van der Waals surface area (Å²) < 4.78 is 36.5. The SMILES string of the molecule is CNC(=O)c1coc(-c2cc[n+](CCS(=O)(=O)O)nc2)n1. The molecule has 0 bridgehead atoms. The molecule has 21 heavy (non-hydrogen) atoms. The third-order valence-electron chi connectivity index (χ3n) is 2.56. The second-order valence-electron chi connectivity index (χ2n) is 4.08. The van der Waals surface area contributed by atoms with Crippen LogP contribution in [0.25, 0.3) is 11.5 Å². The third-order valence-corrected chi connectivity index (χ3v) is 3.26. The number of carbonyl (C=O) groups excluding carboxylic acids is 1. The second kappa shape index (κ2) is 5.97. The minimum absolute atomic E-state index is 0.0220. The van der Waals surface area contributed by atoms with Gasteiger partial charge >= 0.3 is 0 Å². The van der Waals surface area contributed by atoms with E-state index in [9.17, 15) is 13.2 Å². The first-order valence-corrected chi connectivity index (χ1v) is 7.49. The number of rotatable bonds is 5. The smallest absolute Gasteiger partial charge is 0.272 e. The fourth-order valence-corrected chi connectivity index (χ4v) is 1.91. The van der Waals surface area contributed by atoms with Crippen LogP contribution in [0.1, 0.15) is 10.5 Å². The van der Waals surface area contributed by atoms with Gasteiger partial charge in [-0.25, -0.2) is 4.98 Å². The molecule has 1 amide bonds. The highest BCUT2D eigenvalue weighted by Gasteiger charge is 2.15. The maximum Gasteiger partial charge on any atom is 0.272 e. The summed E-state index contributed by atoms with van der Waals surface area (Å²) in [6.07, 6.45) is 4.17. The number of amides is 1. The first-order chi connectivity index (χ1) is 9.89. The molecule has 112 valence electrons. The van der Waals surface area contributed by atoms with Crippen molar-refractivity contribution in [2.45, 2.75) is 6.54 Å². The molecule has 0 spiro atoms. The number of aromatic nitrogens is 3. The van der Waals surface area contributed by atoms with E-state index in [0.717, 1.165) is 0 Å². The molecule has 0 radical (unpaired) electrons. The van der Waals surface area contributed by atoms with Gasteiger partial charge in [0.25, 0.3) is 16.0 Å². The van der Waals surface area contributed by atoms with Crippen LogP contribution in [-0.2, 0) is 16.7 Å². The average molecular weight is 313 g/mol. The van der Waals surface area contributed by atoms with Crippen LogP contribution in [-0.4, -0.2) is 41.8 Å². The Bertz CT molecular complexity index is 738. The highest BCUT2D eigenvalue weighted by atomic mass is 32.2. The van der Waals surface area contributed by atoms with E-state index in [2.05, 4.69) is 15.4 Å². The van der Waals surface area contributed by atoms with Crippen molar-refractivity contribution < 1.29 is 26.9 Å². The van der Waals surface area contributed by atoms with Gasteiger partial charge in [0.1, 0.15) is 18.2 Å². The van der Waals surface area contributed by atoms with Crippen LogP contribution in [0.2, 0.25) is 0 Å². The quantitative estimate of drug-likeness (QED) is 0.550. The number of oxazole rings is 1. The van der Waals surface area contributed by atoms with Crippen molar-refractivity contribution in [2.75, 3.05) is 12.8 Å². The number of aryl methyl sites for hydroxylation is 1. The van der Waals surface area contributed by atoms with Crippen LogP contribution in [0.5, 0.6) is 0 Å². The zero-order valence-electron chi connectivity index (χ0n) is 11.1. The van der Waals surface area contributed by atoms with Gasteiger partial charge in [-0.05, 0) is 5.10 Å². The Morgan fingerprint density at radius 2 is 2.29 bits per heavy atom. The van der Waals surface area contributed by atoms with Crippen LogP contribution < -0.4 is 10.00 Å². The molecule has 0 aliphatic heterocycles. The van der Waals surface area contributed by atoms with E-state index in [1.807, 2.05) is 0 Å². The van der Waals surface area contributed by atoms with E-state index in [1.54, 1.807) is 6.07 Å². The van der Waals surface area contributed by atoms with Crippen molar-refractivity contribution in [1.29, 1.82) is 0 Å². The average Bonchev–Trinajstić information content (AvgIpc) is 2.94. The van der Waals surface area contributed by atoms with E-state index in [4.69, 9.17) is 8.97 Å². The highest BCUT2D eigenvalue weighted by molar-refractivity contribution is 7.85. The van der Waals surface area contributed by atoms with Crippen molar-refractivity contribution in [2.24, 2.45) is 0 Å². The zero-order valence-corrected chi connectivity index (χ0v) is 11.9. The van der Waals surface area contributed by atoms with Crippen LogP contribution in [0.4, 0.5) is 0 Å². The monoisotopic (exact) mass is 313 g/mol. The van der Waals surface area contributed by atoms with E-state index in [1.165, 1.54) is 30.4 Å². The van der Waals surface area contributed by atoms with Gasteiger partial charge in [0.15, 0.2) is 18.4 Å². The number of hydrogen-bond donors (Lipinski definition) is 2. The van der Waals surface area contributed by atoms with Gasteiger partial charge in [-0.1, -0.05) is 4.68 Å². The lowest BCUT2D eigenvalue weighted by atomic mass is 10.3. The Labute approximate surface area is 120 Å². The molecular formula is C11H13N4O5S+. The lowest BCUT2D eigenvalue weighted by molar-refractivity contribution is -0.750. The molecule has 2 rings (SSSR count). The molecule has 0 aliphatic carbocycles. The molecule has 0 saturated heterocycles. The Kier molecular flexibility index (Phi) is 4.29. The molecule has 0 saturated carbocycles. The molecular weight excluding hydrogens is 300 g/mol. The summed E-state index contributed by atoms with van der Waals surface area (Å²) in [4.78, 5) is 15.4. The Hall–Kier alpha value is -2.33. The number of carbonyl (C=O) groups is 1. The second-order valence-corrected chi connectivity index (χ2v) is 5.65. The Morgan fingerprint density at radius 3 is 2.86 bits per heavy atom. The molecule has 0 aromatic carbocycles. The molecule has 2 heterocycles. The normalized spacial score (nSPS) is 11.3. The molecule has 10 heteroatoms. The van der Waals surface area contributed by atoms with Gasteiger partial charge in [-0.2, -0.15) is 8.42 Å². The summed E-state index contributed by atoms with van der Waals surface area (Å²) in [5.74, 6) is -0.566. The maximum atomic E-state index is 11.4. The summed E-state index contributed by atoms with van der Waals surface area (Å²) in [5.41, 5.74) is 0.684. The van der Waals surface area contributed by atoms with E-state index >= 15 is 0 Å². The van der Waals surface area contributed by atoms with Gasteiger partial charge in [-0.15, -0.1) is 0 Å². The van der Waals surface area contributed by atoms with Crippen LogP contribution in [0.3, 0.4) is 0 Å². The van der Waals surface area contributed by atoms with Crippen LogP contribution >= 0.6 is 0 Å². The third kappa shape index (κ3) is 4.07.